The van der Waals surface area contributed by atoms with E-state index >= 15 is 0 Å². The minimum atomic E-state index is -0.151. The fourth-order valence-electron chi connectivity index (χ4n) is 3.46. The van der Waals surface area contributed by atoms with Crippen LogP contribution >= 0.6 is 11.6 Å². The SMILES string of the molecule is O=C(NCCCN1CCN(c2ncccn2)CC1)c1cc(-c2cccc(Cl)c2)n[nH]1. The Morgan fingerprint density at radius 3 is 2.67 bits per heavy atom. The van der Waals surface area contributed by atoms with E-state index in [-0.39, 0.29) is 5.91 Å². The quantitative estimate of drug-likeness (QED) is 0.565. The first kappa shape index (κ1) is 20.3. The molecule has 1 fully saturated rings. The van der Waals surface area contributed by atoms with E-state index in [1.807, 2.05) is 24.3 Å². The molecule has 1 aliphatic rings. The van der Waals surface area contributed by atoms with Crippen LogP contribution in [0.3, 0.4) is 0 Å². The van der Waals surface area contributed by atoms with Gasteiger partial charge in [-0.05, 0) is 37.2 Å². The highest BCUT2D eigenvalue weighted by molar-refractivity contribution is 6.30. The predicted molar refractivity (Wildman–Crippen MR) is 117 cm³/mol. The van der Waals surface area contributed by atoms with Gasteiger partial charge in [0.25, 0.3) is 5.91 Å². The molecule has 2 aromatic heterocycles. The molecule has 1 aliphatic heterocycles. The van der Waals surface area contributed by atoms with Crippen molar-refractivity contribution < 1.29 is 4.79 Å². The summed E-state index contributed by atoms with van der Waals surface area (Å²) in [7, 11) is 0. The maximum absolute atomic E-state index is 12.4. The van der Waals surface area contributed by atoms with Crippen LogP contribution in [-0.4, -0.2) is 70.2 Å². The number of aromatic amines is 1. The molecule has 156 valence electrons. The molecule has 1 saturated heterocycles. The van der Waals surface area contributed by atoms with Gasteiger partial charge in [0, 0.05) is 55.7 Å². The van der Waals surface area contributed by atoms with Gasteiger partial charge in [0.1, 0.15) is 5.69 Å². The second-order valence-corrected chi connectivity index (χ2v) is 7.60. The molecular weight excluding hydrogens is 402 g/mol. The van der Waals surface area contributed by atoms with Crippen LogP contribution in [0.15, 0.2) is 48.8 Å². The highest BCUT2D eigenvalue weighted by atomic mass is 35.5. The molecule has 30 heavy (non-hydrogen) atoms. The lowest BCUT2D eigenvalue weighted by Gasteiger charge is -2.34. The van der Waals surface area contributed by atoms with Crippen molar-refractivity contribution in [3.63, 3.8) is 0 Å². The van der Waals surface area contributed by atoms with Crippen molar-refractivity contribution in [2.45, 2.75) is 6.42 Å². The number of H-pyrrole nitrogens is 1. The molecule has 2 N–H and O–H groups in total. The van der Waals surface area contributed by atoms with E-state index < -0.39 is 0 Å². The number of hydrogen-bond acceptors (Lipinski definition) is 6. The summed E-state index contributed by atoms with van der Waals surface area (Å²) < 4.78 is 0. The molecule has 4 rings (SSSR count). The van der Waals surface area contributed by atoms with Crippen LogP contribution in [0.1, 0.15) is 16.9 Å². The molecule has 8 nitrogen and oxygen atoms in total. The van der Waals surface area contributed by atoms with Gasteiger partial charge in [0.15, 0.2) is 0 Å². The molecular formula is C21H24ClN7O. The molecule has 0 radical (unpaired) electrons. The van der Waals surface area contributed by atoms with Gasteiger partial charge < -0.3 is 10.2 Å². The van der Waals surface area contributed by atoms with E-state index in [9.17, 15) is 4.79 Å². The summed E-state index contributed by atoms with van der Waals surface area (Å²) in [5.41, 5.74) is 2.02. The number of rotatable bonds is 7. The number of anilines is 1. The highest BCUT2D eigenvalue weighted by Crippen LogP contribution is 2.21. The summed E-state index contributed by atoms with van der Waals surface area (Å²) in [6, 6.07) is 11.0. The molecule has 3 heterocycles. The van der Waals surface area contributed by atoms with Crippen LogP contribution in [0.25, 0.3) is 11.3 Å². The second-order valence-electron chi connectivity index (χ2n) is 7.16. The molecule has 1 amide bonds. The first-order valence-electron chi connectivity index (χ1n) is 10.0. The molecule has 0 atom stereocenters. The molecule has 0 spiro atoms. The molecule has 3 aromatic rings. The number of nitrogens with one attached hydrogen (secondary N) is 2. The first-order chi connectivity index (χ1) is 14.7. The van der Waals surface area contributed by atoms with Crippen molar-refractivity contribution in [3.05, 3.63) is 59.5 Å². The van der Waals surface area contributed by atoms with Crippen molar-refractivity contribution in [2.75, 3.05) is 44.2 Å². The summed E-state index contributed by atoms with van der Waals surface area (Å²) in [4.78, 5) is 25.6. The van der Waals surface area contributed by atoms with E-state index in [0.717, 1.165) is 50.7 Å². The number of amides is 1. The molecule has 1 aromatic carbocycles. The van der Waals surface area contributed by atoms with Crippen molar-refractivity contribution in [1.29, 1.82) is 0 Å². The minimum absolute atomic E-state index is 0.151. The Hall–Kier alpha value is -2.97. The summed E-state index contributed by atoms with van der Waals surface area (Å²) in [6.07, 6.45) is 4.44. The van der Waals surface area contributed by atoms with Gasteiger partial charge in [-0.25, -0.2) is 9.97 Å². The van der Waals surface area contributed by atoms with Gasteiger partial charge in [-0.1, -0.05) is 23.7 Å². The zero-order chi connectivity index (χ0) is 20.8. The Morgan fingerprint density at radius 2 is 1.90 bits per heavy atom. The first-order valence-corrected chi connectivity index (χ1v) is 10.4. The average Bonchev–Trinajstić information content (AvgIpc) is 3.28. The van der Waals surface area contributed by atoms with E-state index in [2.05, 4.69) is 35.3 Å². The van der Waals surface area contributed by atoms with Crippen LogP contribution in [0, 0.1) is 0 Å². The molecule has 0 unspecified atom stereocenters. The lowest BCUT2D eigenvalue weighted by Crippen LogP contribution is -2.47. The van der Waals surface area contributed by atoms with Crippen LogP contribution in [-0.2, 0) is 0 Å². The molecule has 9 heteroatoms. The van der Waals surface area contributed by atoms with Gasteiger partial charge in [0.05, 0.1) is 5.69 Å². The van der Waals surface area contributed by atoms with E-state index in [0.29, 0.717) is 23.0 Å². The summed E-state index contributed by atoms with van der Waals surface area (Å²) >= 11 is 6.02. The van der Waals surface area contributed by atoms with Crippen molar-refractivity contribution in [2.24, 2.45) is 0 Å². The minimum Gasteiger partial charge on any atom is -0.351 e. The molecule has 0 aliphatic carbocycles. The maximum Gasteiger partial charge on any atom is 0.269 e. The lowest BCUT2D eigenvalue weighted by atomic mass is 10.1. The van der Waals surface area contributed by atoms with Crippen LogP contribution in [0.5, 0.6) is 0 Å². The van der Waals surface area contributed by atoms with Crippen molar-refractivity contribution >= 4 is 23.5 Å². The Balaban J connectivity index is 1.18. The molecule has 0 saturated carbocycles. The van der Waals surface area contributed by atoms with Crippen molar-refractivity contribution in [3.8, 4) is 11.3 Å². The second kappa shape index (κ2) is 9.69. The van der Waals surface area contributed by atoms with E-state index in [1.165, 1.54) is 0 Å². The summed E-state index contributed by atoms with van der Waals surface area (Å²) in [5, 5.41) is 10.6. The Labute approximate surface area is 180 Å². The number of halogens is 1. The Bertz CT molecular complexity index is 970. The van der Waals surface area contributed by atoms with Crippen LogP contribution in [0.2, 0.25) is 5.02 Å². The number of carbonyl (C=O) groups is 1. The van der Waals surface area contributed by atoms with Crippen LogP contribution in [0.4, 0.5) is 5.95 Å². The third kappa shape index (κ3) is 5.14. The average molecular weight is 426 g/mol. The van der Waals surface area contributed by atoms with Crippen LogP contribution < -0.4 is 10.2 Å². The third-order valence-corrected chi connectivity index (χ3v) is 5.32. The fraction of sp³-hybridized carbons (Fsp3) is 0.333. The number of carbonyl (C=O) groups excluding carboxylic acids is 1. The highest BCUT2D eigenvalue weighted by Gasteiger charge is 2.18. The molecule has 0 bridgehead atoms. The van der Waals surface area contributed by atoms with Gasteiger partial charge in [-0.2, -0.15) is 5.10 Å². The zero-order valence-corrected chi connectivity index (χ0v) is 17.3. The summed E-state index contributed by atoms with van der Waals surface area (Å²) in [5.74, 6) is 0.642. The van der Waals surface area contributed by atoms with Gasteiger partial charge >= 0.3 is 0 Å². The topological polar surface area (TPSA) is 90.0 Å². The maximum atomic E-state index is 12.4. The Morgan fingerprint density at radius 1 is 1.10 bits per heavy atom. The lowest BCUT2D eigenvalue weighted by molar-refractivity contribution is 0.0946. The summed E-state index contributed by atoms with van der Waals surface area (Å²) in [6.45, 7) is 5.33. The fourth-order valence-corrected chi connectivity index (χ4v) is 3.65. The third-order valence-electron chi connectivity index (χ3n) is 5.09. The number of piperazine rings is 1. The smallest absolute Gasteiger partial charge is 0.269 e. The Kier molecular flexibility index (Phi) is 6.56. The zero-order valence-electron chi connectivity index (χ0n) is 16.6. The van der Waals surface area contributed by atoms with Crippen molar-refractivity contribution in [1.82, 2.24) is 30.4 Å². The number of aromatic nitrogens is 4. The predicted octanol–water partition coefficient (Wildman–Crippen LogP) is 2.46. The standard InChI is InChI=1S/C21H24ClN7O/c22-17-5-1-4-16(14-17)18-15-19(27-26-18)20(30)23-8-3-9-28-10-12-29(13-11-28)21-24-6-2-7-25-21/h1-2,4-7,14-15H,3,8-13H2,(H,23,30)(H,26,27). The van der Waals surface area contributed by atoms with Gasteiger partial charge in [-0.3, -0.25) is 14.8 Å². The van der Waals surface area contributed by atoms with Gasteiger partial charge in [-0.15, -0.1) is 0 Å². The largest absolute Gasteiger partial charge is 0.351 e. The number of hydrogen-bond donors (Lipinski definition) is 2. The number of benzene rings is 1. The monoisotopic (exact) mass is 425 g/mol. The van der Waals surface area contributed by atoms with E-state index in [4.69, 9.17) is 11.6 Å². The van der Waals surface area contributed by atoms with E-state index in [1.54, 1.807) is 24.5 Å². The van der Waals surface area contributed by atoms with Gasteiger partial charge in [0.2, 0.25) is 5.95 Å². The number of nitrogens with zero attached hydrogens (tertiary/aromatic N) is 5. The normalized spacial score (nSPS) is 14.6.